The average Bonchev–Trinajstić information content (AvgIpc) is 2.86. The fourth-order valence-corrected chi connectivity index (χ4v) is 2.42. The molecule has 3 rings (SSSR count). The van der Waals surface area contributed by atoms with E-state index in [0.29, 0.717) is 5.82 Å². The maximum Gasteiger partial charge on any atom is 0.139 e. The molecule has 0 fully saturated rings. The van der Waals surface area contributed by atoms with Crippen LogP contribution in [-0.4, -0.2) is 9.38 Å². The molecule has 0 aliphatic rings. The van der Waals surface area contributed by atoms with Crippen molar-refractivity contribution in [3.8, 4) is 11.3 Å². The third kappa shape index (κ3) is 1.31. The number of thiophene rings is 1. The van der Waals surface area contributed by atoms with Gasteiger partial charge in [0.1, 0.15) is 17.2 Å². The number of hydrogen-bond donors (Lipinski definition) is 1. The van der Waals surface area contributed by atoms with Gasteiger partial charge in [-0.15, -0.1) is 0 Å². The molecule has 80 valence electrons. The quantitative estimate of drug-likeness (QED) is 0.697. The van der Waals surface area contributed by atoms with Gasteiger partial charge in [-0.1, -0.05) is 0 Å². The molecular weight excluding hydrogens is 218 g/mol. The lowest BCUT2D eigenvalue weighted by Gasteiger charge is -1.97. The second kappa shape index (κ2) is 3.35. The first kappa shape index (κ1) is 9.42. The number of nitrogens with two attached hydrogens (primary N) is 1. The standard InChI is InChI=1S/C12H11N3S/c1-8-2-4-15-10(6-8)14-11(12(15)13)9-3-5-16-7-9/h2-7H,13H2,1H3. The Bertz CT molecular complexity index is 638. The summed E-state index contributed by atoms with van der Waals surface area (Å²) in [5.74, 6) is 0.702. The van der Waals surface area contributed by atoms with E-state index in [1.165, 1.54) is 5.56 Å². The molecule has 0 aliphatic carbocycles. The van der Waals surface area contributed by atoms with Gasteiger partial charge >= 0.3 is 0 Å². The number of imidazole rings is 1. The number of hydrogen-bond acceptors (Lipinski definition) is 3. The molecule has 0 saturated heterocycles. The maximum absolute atomic E-state index is 6.09. The van der Waals surface area contributed by atoms with Gasteiger partial charge in [0, 0.05) is 17.1 Å². The minimum Gasteiger partial charge on any atom is -0.383 e. The summed E-state index contributed by atoms with van der Waals surface area (Å²) in [5.41, 5.74) is 10.1. The lowest BCUT2D eigenvalue weighted by atomic mass is 10.2. The fraction of sp³-hybridized carbons (Fsp3) is 0.0833. The number of anilines is 1. The first-order chi connectivity index (χ1) is 7.75. The van der Waals surface area contributed by atoms with E-state index in [0.717, 1.165) is 16.9 Å². The molecule has 3 aromatic heterocycles. The zero-order valence-corrected chi connectivity index (χ0v) is 9.66. The van der Waals surface area contributed by atoms with Gasteiger partial charge in [0.25, 0.3) is 0 Å². The second-order valence-electron chi connectivity index (χ2n) is 3.79. The molecule has 4 heteroatoms. The van der Waals surface area contributed by atoms with E-state index in [1.54, 1.807) is 11.3 Å². The van der Waals surface area contributed by atoms with E-state index in [1.807, 2.05) is 34.2 Å². The van der Waals surface area contributed by atoms with Crippen LogP contribution in [0.15, 0.2) is 35.2 Å². The molecule has 0 amide bonds. The van der Waals surface area contributed by atoms with Gasteiger partial charge in [0.15, 0.2) is 0 Å². The minimum absolute atomic E-state index is 0.702. The number of nitrogen functional groups attached to an aromatic ring is 1. The van der Waals surface area contributed by atoms with E-state index in [4.69, 9.17) is 5.73 Å². The van der Waals surface area contributed by atoms with E-state index >= 15 is 0 Å². The fourth-order valence-electron chi connectivity index (χ4n) is 1.78. The van der Waals surface area contributed by atoms with Gasteiger partial charge in [-0.25, -0.2) is 4.98 Å². The highest BCUT2D eigenvalue weighted by atomic mass is 32.1. The number of nitrogens with zero attached hydrogens (tertiary/aromatic N) is 2. The van der Waals surface area contributed by atoms with Crippen molar-refractivity contribution in [3.05, 3.63) is 40.7 Å². The summed E-state index contributed by atoms with van der Waals surface area (Å²) in [4.78, 5) is 4.56. The monoisotopic (exact) mass is 229 g/mol. The normalized spacial score (nSPS) is 11.1. The summed E-state index contributed by atoms with van der Waals surface area (Å²) in [7, 11) is 0. The van der Waals surface area contributed by atoms with Crippen molar-refractivity contribution in [1.82, 2.24) is 9.38 Å². The summed E-state index contributed by atoms with van der Waals surface area (Å²) in [6, 6.07) is 6.10. The van der Waals surface area contributed by atoms with Gasteiger partial charge in [0.05, 0.1) is 0 Å². The highest BCUT2D eigenvalue weighted by molar-refractivity contribution is 7.08. The van der Waals surface area contributed by atoms with Crippen LogP contribution in [-0.2, 0) is 0 Å². The van der Waals surface area contributed by atoms with Crippen LogP contribution < -0.4 is 5.73 Å². The molecule has 0 radical (unpaired) electrons. The Kier molecular flexibility index (Phi) is 1.97. The summed E-state index contributed by atoms with van der Waals surface area (Å²) in [5, 5.41) is 4.09. The Morgan fingerprint density at radius 3 is 3.00 bits per heavy atom. The van der Waals surface area contributed by atoms with Crippen molar-refractivity contribution < 1.29 is 0 Å². The van der Waals surface area contributed by atoms with Crippen molar-refractivity contribution in [2.24, 2.45) is 0 Å². The van der Waals surface area contributed by atoms with Gasteiger partial charge in [-0.05, 0) is 36.1 Å². The molecule has 0 unspecified atom stereocenters. The van der Waals surface area contributed by atoms with Crippen molar-refractivity contribution in [1.29, 1.82) is 0 Å². The molecule has 0 bridgehead atoms. The van der Waals surface area contributed by atoms with E-state index in [-0.39, 0.29) is 0 Å². The van der Waals surface area contributed by atoms with E-state index in [9.17, 15) is 0 Å². The molecule has 16 heavy (non-hydrogen) atoms. The van der Waals surface area contributed by atoms with Crippen LogP contribution in [0.2, 0.25) is 0 Å². The van der Waals surface area contributed by atoms with Crippen LogP contribution in [0, 0.1) is 6.92 Å². The number of aryl methyl sites for hydroxylation is 1. The largest absolute Gasteiger partial charge is 0.383 e. The van der Waals surface area contributed by atoms with Crippen LogP contribution in [0.3, 0.4) is 0 Å². The molecule has 0 saturated carbocycles. The smallest absolute Gasteiger partial charge is 0.139 e. The van der Waals surface area contributed by atoms with Crippen molar-refractivity contribution in [2.75, 3.05) is 5.73 Å². The highest BCUT2D eigenvalue weighted by Crippen LogP contribution is 2.28. The first-order valence-electron chi connectivity index (χ1n) is 5.02. The Morgan fingerprint density at radius 1 is 1.38 bits per heavy atom. The molecule has 3 nitrogen and oxygen atoms in total. The molecule has 3 heterocycles. The van der Waals surface area contributed by atoms with Crippen LogP contribution in [0.25, 0.3) is 16.9 Å². The van der Waals surface area contributed by atoms with Crippen molar-refractivity contribution >= 4 is 22.8 Å². The summed E-state index contributed by atoms with van der Waals surface area (Å²) in [6.45, 7) is 2.05. The first-order valence-corrected chi connectivity index (χ1v) is 5.97. The Hall–Kier alpha value is -1.81. The summed E-state index contributed by atoms with van der Waals surface area (Å²) < 4.78 is 1.92. The van der Waals surface area contributed by atoms with Crippen LogP contribution in [0.5, 0.6) is 0 Å². The maximum atomic E-state index is 6.09. The second-order valence-corrected chi connectivity index (χ2v) is 4.57. The van der Waals surface area contributed by atoms with E-state index < -0.39 is 0 Å². The van der Waals surface area contributed by atoms with Crippen LogP contribution in [0.1, 0.15) is 5.56 Å². The SMILES string of the molecule is Cc1ccn2c(N)c(-c3ccsc3)nc2c1. The van der Waals surface area contributed by atoms with Crippen LogP contribution >= 0.6 is 11.3 Å². The van der Waals surface area contributed by atoms with Crippen molar-refractivity contribution in [2.45, 2.75) is 6.92 Å². The van der Waals surface area contributed by atoms with Crippen molar-refractivity contribution in [3.63, 3.8) is 0 Å². The Morgan fingerprint density at radius 2 is 2.25 bits per heavy atom. The predicted octanol–water partition coefficient (Wildman–Crippen LogP) is 2.95. The topological polar surface area (TPSA) is 43.3 Å². The minimum atomic E-state index is 0.702. The number of aromatic nitrogens is 2. The molecule has 3 aromatic rings. The number of fused-ring (bicyclic) bond motifs is 1. The third-order valence-corrected chi connectivity index (χ3v) is 3.30. The Balaban J connectivity index is 2.31. The zero-order chi connectivity index (χ0) is 11.1. The number of pyridine rings is 1. The highest BCUT2D eigenvalue weighted by Gasteiger charge is 2.10. The Labute approximate surface area is 97.2 Å². The molecule has 0 atom stereocenters. The summed E-state index contributed by atoms with van der Waals surface area (Å²) in [6.07, 6.45) is 1.96. The number of rotatable bonds is 1. The lowest BCUT2D eigenvalue weighted by Crippen LogP contribution is -1.93. The molecule has 0 spiro atoms. The van der Waals surface area contributed by atoms with E-state index in [2.05, 4.69) is 17.3 Å². The van der Waals surface area contributed by atoms with Gasteiger partial charge < -0.3 is 5.73 Å². The molecular formula is C12H11N3S. The van der Waals surface area contributed by atoms with Gasteiger partial charge in [-0.2, -0.15) is 11.3 Å². The van der Waals surface area contributed by atoms with Gasteiger partial charge in [-0.3, -0.25) is 4.40 Å². The van der Waals surface area contributed by atoms with Crippen LogP contribution in [0.4, 0.5) is 5.82 Å². The average molecular weight is 229 g/mol. The summed E-state index contributed by atoms with van der Waals surface area (Å²) >= 11 is 1.65. The lowest BCUT2D eigenvalue weighted by molar-refractivity contribution is 1.18. The van der Waals surface area contributed by atoms with Gasteiger partial charge in [0.2, 0.25) is 0 Å². The predicted molar refractivity (Wildman–Crippen MR) is 67.7 cm³/mol. The molecule has 0 aromatic carbocycles. The molecule has 2 N–H and O–H groups in total. The molecule has 0 aliphatic heterocycles. The zero-order valence-electron chi connectivity index (χ0n) is 8.84. The third-order valence-electron chi connectivity index (χ3n) is 2.61.